The molecule has 2 aromatic rings. The highest BCUT2D eigenvalue weighted by Crippen LogP contribution is 2.19. The van der Waals surface area contributed by atoms with Crippen molar-refractivity contribution in [1.82, 2.24) is 10.6 Å². The molecule has 148 valence electrons. The summed E-state index contributed by atoms with van der Waals surface area (Å²) in [5, 5.41) is 13.6. The summed E-state index contributed by atoms with van der Waals surface area (Å²) >= 11 is 0. The molecule has 2 rings (SSSR count). The Morgan fingerprint density at radius 2 is 1.54 bits per heavy atom. The highest BCUT2D eigenvalue weighted by atomic mass is 16.4. The zero-order chi connectivity index (χ0) is 20.4. The molecular formula is C21H25N3O4. The lowest BCUT2D eigenvalue weighted by atomic mass is 10.0. The number of rotatable bonds is 10. The van der Waals surface area contributed by atoms with Crippen molar-refractivity contribution in [2.75, 3.05) is 13.1 Å². The topological polar surface area (TPSA) is 122 Å². The van der Waals surface area contributed by atoms with Crippen molar-refractivity contribution in [1.29, 1.82) is 0 Å². The molecule has 0 aliphatic heterocycles. The van der Waals surface area contributed by atoms with E-state index in [1.807, 2.05) is 42.5 Å². The third-order valence-electron chi connectivity index (χ3n) is 4.23. The molecule has 2 amide bonds. The third-order valence-corrected chi connectivity index (χ3v) is 4.23. The van der Waals surface area contributed by atoms with E-state index >= 15 is 0 Å². The van der Waals surface area contributed by atoms with Crippen molar-refractivity contribution in [2.45, 2.75) is 25.3 Å². The lowest BCUT2D eigenvalue weighted by Gasteiger charge is -2.11. The second-order valence-corrected chi connectivity index (χ2v) is 6.41. The quantitative estimate of drug-likeness (QED) is 0.466. The minimum absolute atomic E-state index is 0.150. The molecule has 0 aliphatic rings. The molecular weight excluding hydrogens is 358 g/mol. The van der Waals surface area contributed by atoms with Crippen LogP contribution in [0.3, 0.4) is 0 Å². The van der Waals surface area contributed by atoms with E-state index in [0.29, 0.717) is 31.4 Å². The van der Waals surface area contributed by atoms with Crippen molar-refractivity contribution in [2.24, 2.45) is 5.73 Å². The molecule has 5 N–H and O–H groups in total. The van der Waals surface area contributed by atoms with Crippen LogP contribution in [0.15, 0.2) is 54.6 Å². The fraction of sp³-hybridized carbons (Fsp3) is 0.286. The number of aliphatic carboxylic acids is 1. The standard InChI is InChI=1S/C21H25N3O4/c22-18(21(28)24-14-19(25)26)8-4-5-13-23-20(27)17-11-9-16(10-12-17)15-6-2-1-3-7-15/h1-3,6-7,9-12,18H,4-5,8,13-14,22H2,(H,23,27)(H,24,28)(H,25,26)/t18-/m1/s1. The average Bonchev–Trinajstić information content (AvgIpc) is 2.72. The Labute approximate surface area is 163 Å². The molecule has 28 heavy (non-hydrogen) atoms. The van der Waals surface area contributed by atoms with Crippen LogP contribution in [0.2, 0.25) is 0 Å². The number of carboxylic acids is 1. The first kappa shape index (κ1) is 21.1. The molecule has 1 atom stereocenters. The summed E-state index contributed by atoms with van der Waals surface area (Å²) in [6, 6.07) is 16.6. The van der Waals surface area contributed by atoms with Gasteiger partial charge in [-0.25, -0.2) is 0 Å². The van der Waals surface area contributed by atoms with Crippen LogP contribution in [0.5, 0.6) is 0 Å². The second kappa shape index (κ2) is 10.8. The predicted molar refractivity (Wildman–Crippen MR) is 107 cm³/mol. The van der Waals surface area contributed by atoms with Crippen LogP contribution < -0.4 is 16.4 Å². The number of nitrogens with one attached hydrogen (secondary N) is 2. The molecule has 0 radical (unpaired) electrons. The van der Waals surface area contributed by atoms with Crippen molar-refractivity contribution < 1.29 is 19.5 Å². The molecule has 0 aliphatic carbocycles. The summed E-state index contributed by atoms with van der Waals surface area (Å²) in [6.07, 6.45) is 1.75. The van der Waals surface area contributed by atoms with Crippen LogP contribution in [0, 0.1) is 0 Å². The van der Waals surface area contributed by atoms with E-state index in [0.717, 1.165) is 11.1 Å². The van der Waals surface area contributed by atoms with Crippen molar-refractivity contribution in [3.63, 3.8) is 0 Å². The zero-order valence-corrected chi connectivity index (χ0v) is 15.6. The first-order valence-electron chi connectivity index (χ1n) is 9.16. The summed E-state index contributed by atoms with van der Waals surface area (Å²) in [4.78, 5) is 34.2. The summed E-state index contributed by atoms with van der Waals surface area (Å²) in [5.74, 6) is -1.74. The minimum atomic E-state index is -1.11. The fourth-order valence-electron chi connectivity index (χ4n) is 2.66. The maximum Gasteiger partial charge on any atom is 0.322 e. The Kier molecular flexibility index (Phi) is 8.17. The fourth-order valence-corrected chi connectivity index (χ4v) is 2.66. The first-order chi connectivity index (χ1) is 13.5. The van der Waals surface area contributed by atoms with Crippen molar-refractivity contribution >= 4 is 17.8 Å². The van der Waals surface area contributed by atoms with Crippen molar-refractivity contribution in [3.8, 4) is 11.1 Å². The Morgan fingerprint density at radius 1 is 0.893 bits per heavy atom. The van der Waals surface area contributed by atoms with Gasteiger partial charge in [-0.15, -0.1) is 0 Å². The van der Waals surface area contributed by atoms with E-state index in [2.05, 4.69) is 10.6 Å². The zero-order valence-electron chi connectivity index (χ0n) is 15.6. The molecule has 7 heteroatoms. The van der Waals surface area contributed by atoms with Gasteiger partial charge < -0.3 is 21.5 Å². The Hall–Kier alpha value is -3.19. The van der Waals surface area contributed by atoms with Crippen LogP contribution >= 0.6 is 0 Å². The molecule has 0 heterocycles. The number of amides is 2. The second-order valence-electron chi connectivity index (χ2n) is 6.41. The number of carboxylic acid groups (broad SMARTS) is 1. The van der Waals surface area contributed by atoms with Gasteiger partial charge in [-0.05, 0) is 42.5 Å². The van der Waals surface area contributed by atoms with Gasteiger partial charge in [-0.3, -0.25) is 14.4 Å². The van der Waals surface area contributed by atoms with Crippen LogP contribution in [0.25, 0.3) is 11.1 Å². The lowest BCUT2D eigenvalue weighted by molar-refractivity contribution is -0.138. The lowest BCUT2D eigenvalue weighted by Crippen LogP contribution is -2.42. The van der Waals surface area contributed by atoms with Gasteiger partial charge in [0.15, 0.2) is 0 Å². The smallest absolute Gasteiger partial charge is 0.322 e. The predicted octanol–water partition coefficient (Wildman–Crippen LogP) is 1.78. The van der Waals surface area contributed by atoms with Crippen LogP contribution in [-0.2, 0) is 9.59 Å². The van der Waals surface area contributed by atoms with Gasteiger partial charge in [-0.1, -0.05) is 42.5 Å². The van der Waals surface area contributed by atoms with Gasteiger partial charge >= 0.3 is 5.97 Å². The molecule has 0 spiro atoms. The maximum absolute atomic E-state index is 12.2. The van der Waals surface area contributed by atoms with Gasteiger partial charge in [0.1, 0.15) is 6.54 Å². The number of carbonyl (C=O) groups is 3. The molecule has 0 unspecified atom stereocenters. The molecule has 0 saturated carbocycles. The van der Waals surface area contributed by atoms with Gasteiger partial charge in [0.2, 0.25) is 5.91 Å². The Balaban J connectivity index is 1.68. The number of nitrogens with two attached hydrogens (primary N) is 1. The summed E-state index contributed by atoms with van der Waals surface area (Å²) < 4.78 is 0. The summed E-state index contributed by atoms with van der Waals surface area (Å²) in [5.41, 5.74) is 8.44. The van der Waals surface area contributed by atoms with Gasteiger partial charge in [0, 0.05) is 12.1 Å². The van der Waals surface area contributed by atoms with Crippen molar-refractivity contribution in [3.05, 3.63) is 60.2 Å². The Bertz CT molecular complexity index is 791. The van der Waals surface area contributed by atoms with E-state index in [1.165, 1.54) is 0 Å². The number of carbonyl (C=O) groups excluding carboxylic acids is 2. The normalized spacial score (nSPS) is 11.5. The number of benzene rings is 2. The van der Waals surface area contributed by atoms with Crippen LogP contribution in [-0.4, -0.2) is 42.0 Å². The molecule has 0 aromatic heterocycles. The van der Waals surface area contributed by atoms with E-state index in [-0.39, 0.29) is 5.91 Å². The van der Waals surface area contributed by atoms with Crippen LogP contribution in [0.1, 0.15) is 29.6 Å². The molecule has 0 bridgehead atoms. The number of hydrogen-bond acceptors (Lipinski definition) is 4. The Morgan fingerprint density at radius 3 is 2.18 bits per heavy atom. The summed E-state index contributed by atoms with van der Waals surface area (Å²) in [6.45, 7) is 0.0361. The minimum Gasteiger partial charge on any atom is -0.480 e. The van der Waals surface area contributed by atoms with E-state index in [1.54, 1.807) is 12.1 Å². The van der Waals surface area contributed by atoms with Gasteiger partial charge in [-0.2, -0.15) is 0 Å². The number of unbranched alkanes of at least 4 members (excludes halogenated alkanes) is 1. The van der Waals surface area contributed by atoms with Gasteiger partial charge in [0.25, 0.3) is 5.91 Å². The summed E-state index contributed by atoms with van der Waals surface area (Å²) in [7, 11) is 0. The highest BCUT2D eigenvalue weighted by molar-refractivity contribution is 5.94. The van der Waals surface area contributed by atoms with E-state index < -0.39 is 24.5 Å². The van der Waals surface area contributed by atoms with Crippen LogP contribution in [0.4, 0.5) is 0 Å². The largest absolute Gasteiger partial charge is 0.480 e. The number of hydrogen-bond donors (Lipinski definition) is 4. The molecule has 7 nitrogen and oxygen atoms in total. The third kappa shape index (κ3) is 6.85. The van der Waals surface area contributed by atoms with E-state index in [4.69, 9.17) is 10.8 Å². The van der Waals surface area contributed by atoms with E-state index in [9.17, 15) is 14.4 Å². The SMILES string of the molecule is N[C@H](CCCCNC(=O)c1ccc(-c2ccccc2)cc1)C(=O)NCC(=O)O. The highest BCUT2D eigenvalue weighted by Gasteiger charge is 2.13. The monoisotopic (exact) mass is 383 g/mol. The molecule has 0 fully saturated rings. The van der Waals surface area contributed by atoms with Gasteiger partial charge in [0.05, 0.1) is 6.04 Å². The maximum atomic E-state index is 12.2. The molecule has 2 aromatic carbocycles. The average molecular weight is 383 g/mol. The first-order valence-corrected chi connectivity index (χ1v) is 9.16. The molecule has 0 saturated heterocycles.